The van der Waals surface area contributed by atoms with Gasteiger partial charge in [0.2, 0.25) is 5.91 Å². The highest BCUT2D eigenvalue weighted by molar-refractivity contribution is 5.93. The van der Waals surface area contributed by atoms with Crippen LogP contribution >= 0.6 is 0 Å². The zero-order chi connectivity index (χ0) is 18.5. The molecule has 1 saturated heterocycles. The minimum atomic E-state index is -0.183. The molecule has 1 fully saturated rings. The molecule has 0 spiro atoms. The maximum absolute atomic E-state index is 11.9. The van der Waals surface area contributed by atoms with Gasteiger partial charge in [-0.2, -0.15) is 0 Å². The number of pyridine rings is 1. The number of carbonyl (C=O) groups excluding carboxylic acids is 1. The second-order valence-electron chi connectivity index (χ2n) is 6.07. The minimum Gasteiger partial charge on any atom is -0.381 e. The maximum atomic E-state index is 11.9. The van der Waals surface area contributed by atoms with Crippen molar-refractivity contribution in [3.8, 4) is 0 Å². The van der Waals surface area contributed by atoms with Crippen LogP contribution in [-0.4, -0.2) is 62.9 Å². The molecule has 2 rings (SSSR count). The standard InChI is InChI=1S/C18H29N5O3/c1-2-20-18(21-8-4-9-25-13-15-6-10-26-14-15)22-12-17(24)23-16-5-3-7-19-11-16/h3,5,7,11,15H,2,4,6,8-10,12-14H2,1H3,(H,23,24)(H2,20,21,22). The number of hydrogen-bond donors (Lipinski definition) is 3. The van der Waals surface area contributed by atoms with Gasteiger partial charge in [0.1, 0.15) is 6.54 Å². The van der Waals surface area contributed by atoms with E-state index in [9.17, 15) is 4.79 Å². The molecule has 0 saturated carbocycles. The van der Waals surface area contributed by atoms with Gasteiger partial charge in [-0.05, 0) is 31.9 Å². The number of nitrogens with one attached hydrogen (secondary N) is 3. The Balaban J connectivity index is 1.61. The minimum absolute atomic E-state index is 0.0441. The lowest BCUT2D eigenvalue weighted by molar-refractivity contribution is -0.114. The summed E-state index contributed by atoms with van der Waals surface area (Å²) in [6.07, 6.45) is 5.23. The predicted molar refractivity (Wildman–Crippen MR) is 101 cm³/mol. The zero-order valence-corrected chi connectivity index (χ0v) is 15.4. The van der Waals surface area contributed by atoms with E-state index in [1.54, 1.807) is 24.5 Å². The van der Waals surface area contributed by atoms with Crippen LogP contribution in [0.5, 0.6) is 0 Å². The van der Waals surface area contributed by atoms with Gasteiger partial charge < -0.3 is 25.4 Å². The number of nitrogens with zero attached hydrogens (tertiary/aromatic N) is 2. The van der Waals surface area contributed by atoms with Crippen molar-refractivity contribution in [2.45, 2.75) is 19.8 Å². The highest BCUT2D eigenvalue weighted by atomic mass is 16.5. The molecule has 0 radical (unpaired) electrons. The van der Waals surface area contributed by atoms with Gasteiger partial charge in [0.15, 0.2) is 5.96 Å². The van der Waals surface area contributed by atoms with Gasteiger partial charge in [0.25, 0.3) is 0 Å². The van der Waals surface area contributed by atoms with Gasteiger partial charge in [-0.3, -0.25) is 9.78 Å². The third-order valence-corrected chi connectivity index (χ3v) is 3.81. The Hall–Kier alpha value is -2.19. The normalized spacial score (nSPS) is 17.1. The molecule has 3 N–H and O–H groups in total. The van der Waals surface area contributed by atoms with Crippen molar-refractivity contribution in [2.24, 2.45) is 10.9 Å². The molecule has 0 aromatic carbocycles. The summed E-state index contributed by atoms with van der Waals surface area (Å²) < 4.78 is 11.0. The van der Waals surface area contributed by atoms with E-state index in [-0.39, 0.29) is 12.5 Å². The van der Waals surface area contributed by atoms with E-state index < -0.39 is 0 Å². The van der Waals surface area contributed by atoms with Crippen LogP contribution in [0.15, 0.2) is 29.5 Å². The Labute approximate surface area is 154 Å². The van der Waals surface area contributed by atoms with E-state index in [0.717, 1.165) is 45.8 Å². The van der Waals surface area contributed by atoms with Gasteiger partial charge in [0.05, 0.1) is 25.1 Å². The molecule has 0 aliphatic carbocycles. The summed E-state index contributed by atoms with van der Waals surface area (Å²) in [5.74, 6) is 0.982. The average molecular weight is 363 g/mol. The SMILES string of the molecule is CCNC(=NCC(=O)Nc1cccnc1)NCCCOCC1CCOC1. The number of amides is 1. The highest BCUT2D eigenvalue weighted by Gasteiger charge is 2.15. The summed E-state index contributed by atoms with van der Waals surface area (Å²) in [5, 5.41) is 9.09. The molecular weight excluding hydrogens is 334 g/mol. The van der Waals surface area contributed by atoms with Crippen LogP contribution in [0.25, 0.3) is 0 Å². The van der Waals surface area contributed by atoms with Crippen molar-refractivity contribution in [1.82, 2.24) is 15.6 Å². The van der Waals surface area contributed by atoms with Crippen molar-refractivity contribution in [1.29, 1.82) is 0 Å². The fraction of sp³-hybridized carbons (Fsp3) is 0.611. The van der Waals surface area contributed by atoms with Crippen LogP contribution in [-0.2, 0) is 14.3 Å². The lowest BCUT2D eigenvalue weighted by atomic mass is 10.1. The zero-order valence-electron chi connectivity index (χ0n) is 15.4. The predicted octanol–water partition coefficient (Wildman–Crippen LogP) is 1.02. The third kappa shape index (κ3) is 8.26. The third-order valence-electron chi connectivity index (χ3n) is 3.81. The molecule has 1 unspecified atom stereocenters. The number of aromatic nitrogens is 1. The molecule has 1 aromatic heterocycles. The number of carbonyl (C=O) groups is 1. The molecule has 8 heteroatoms. The van der Waals surface area contributed by atoms with E-state index in [1.165, 1.54) is 0 Å². The first-order valence-electron chi connectivity index (χ1n) is 9.15. The van der Waals surface area contributed by atoms with Crippen molar-refractivity contribution in [3.63, 3.8) is 0 Å². The summed E-state index contributed by atoms with van der Waals surface area (Å²) in [7, 11) is 0. The Morgan fingerprint density at radius 2 is 2.38 bits per heavy atom. The van der Waals surface area contributed by atoms with Crippen LogP contribution < -0.4 is 16.0 Å². The first-order chi connectivity index (χ1) is 12.8. The Morgan fingerprint density at radius 1 is 1.46 bits per heavy atom. The van der Waals surface area contributed by atoms with Crippen LogP contribution in [0.3, 0.4) is 0 Å². The van der Waals surface area contributed by atoms with Crippen LogP contribution in [0.4, 0.5) is 5.69 Å². The number of hydrogen-bond acceptors (Lipinski definition) is 5. The summed E-state index contributed by atoms with van der Waals surface area (Å²) in [4.78, 5) is 20.2. The molecule has 1 aliphatic heterocycles. The molecule has 1 aliphatic rings. The number of aliphatic imine (C=N–C) groups is 1. The second kappa shape index (κ2) is 12.2. The van der Waals surface area contributed by atoms with E-state index in [4.69, 9.17) is 9.47 Å². The number of ether oxygens (including phenoxy) is 2. The number of anilines is 1. The van der Waals surface area contributed by atoms with Gasteiger partial charge in [-0.25, -0.2) is 4.99 Å². The van der Waals surface area contributed by atoms with Crippen molar-refractivity contribution < 1.29 is 14.3 Å². The number of rotatable bonds is 10. The second-order valence-corrected chi connectivity index (χ2v) is 6.07. The van der Waals surface area contributed by atoms with Gasteiger partial charge in [0, 0.05) is 38.4 Å². The van der Waals surface area contributed by atoms with Crippen LogP contribution in [0.1, 0.15) is 19.8 Å². The van der Waals surface area contributed by atoms with Crippen LogP contribution in [0.2, 0.25) is 0 Å². The molecule has 2 heterocycles. The molecule has 8 nitrogen and oxygen atoms in total. The average Bonchev–Trinajstić information content (AvgIpc) is 3.16. The van der Waals surface area contributed by atoms with E-state index in [2.05, 4.69) is 25.9 Å². The first kappa shape index (κ1) is 20.1. The van der Waals surface area contributed by atoms with Gasteiger partial charge >= 0.3 is 0 Å². The summed E-state index contributed by atoms with van der Waals surface area (Å²) >= 11 is 0. The fourth-order valence-electron chi connectivity index (χ4n) is 2.48. The largest absolute Gasteiger partial charge is 0.381 e. The Bertz CT molecular complexity index is 547. The van der Waals surface area contributed by atoms with Gasteiger partial charge in [-0.15, -0.1) is 0 Å². The summed E-state index contributed by atoms with van der Waals surface area (Å²) in [6, 6.07) is 3.56. The lowest BCUT2D eigenvalue weighted by Gasteiger charge is -2.12. The lowest BCUT2D eigenvalue weighted by Crippen LogP contribution is -2.38. The molecule has 1 aromatic rings. The summed E-state index contributed by atoms with van der Waals surface area (Å²) in [6.45, 7) is 6.63. The highest BCUT2D eigenvalue weighted by Crippen LogP contribution is 2.12. The first-order valence-corrected chi connectivity index (χ1v) is 9.15. The molecule has 1 atom stereocenters. The Morgan fingerprint density at radius 3 is 3.12 bits per heavy atom. The van der Waals surface area contributed by atoms with Crippen molar-refractivity contribution >= 4 is 17.6 Å². The van der Waals surface area contributed by atoms with Gasteiger partial charge in [-0.1, -0.05) is 0 Å². The van der Waals surface area contributed by atoms with E-state index >= 15 is 0 Å². The molecule has 0 bridgehead atoms. The Kier molecular flexibility index (Phi) is 9.45. The van der Waals surface area contributed by atoms with E-state index in [0.29, 0.717) is 24.2 Å². The smallest absolute Gasteiger partial charge is 0.246 e. The molecule has 144 valence electrons. The topological polar surface area (TPSA) is 96.9 Å². The summed E-state index contributed by atoms with van der Waals surface area (Å²) in [5.41, 5.74) is 0.662. The molecular formula is C18H29N5O3. The maximum Gasteiger partial charge on any atom is 0.246 e. The number of guanidine groups is 1. The van der Waals surface area contributed by atoms with Crippen molar-refractivity contribution in [2.75, 3.05) is 51.4 Å². The molecule has 1 amide bonds. The van der Waals surface area contributed by atoms with Crippen molar-refractivity contribution in [3.05, 3.63) is 24.5 Å². The monoisotopic (exact) mass is 363 g/mol. The quantitative estimate of drug-likeness (QED) is 0.326. The fourth-order valence-corrected chi connectivity index (χ4v) is 2.48. The van der Waals surface area contributed by atoms with Crippen LogP contribution in [0, 0.1) is 5.92 Å². The van der Waals surface area contributed by atoms with E-state index in [1.807, 2.05) is 6.92 Å². The molecule has 26 heavy (non-hydrogen) atoms.